The van der Waals surface area contributed by atoms with Gasteiger partial charge in [0.05, 0.1) is 16.3 Å². The predicted octanol–water partition coefficient (Wildman–Crippen LogP) is 0.327. The molecule has 0 aliphatic carbocycles. The van der Waals surface area contributed by atoms with Crippen LogP contribution in [0.1, 0.15) is 0 Å². The molecule has 1 aromatic carbocycles. The van der Waals surface area contributed by atoms with Crippen LogP contribution in [0.3, 0.4) is 0 Å². The van der Waals surface area contributed by atoms with Crippen molar-refractivity contribution < 1.29 is 13.2 Å². The van der Waals surface area contributed by atoms with Crippen LogP contribution in [0, 0.1) is 0 Å². The van der Waals surface area contributed by atoms with E-state index in [2.05, 4.69) is 5.32 Å². The van der Waals surface area contributed by atoms with Crippen molar-refractivity contribution in [1.82, 2.24) is 5.73 Å². The van der Waals surface area contributed by atoms with Crippen LogP contribution in [0.2, 0.25) is 0 Å². The maximum atomic E-state index is 11.5. The van der Waals surface area contributed by atoms with E-state index in [9.17, 15) is 13.2 Å². The molecule has 1 heterocycles. The van der Waals surface area contributed by atoms with Gasteiger partial charge in [0.1, 0.15) is 5.75 Å². The quantitative estimate of drug-likeness (QED) is 0.670. The van der Waals surface area contributed by atoms with E-state index in [0.717, 1.165) is 0 Å². The molecular formula is C8H7N2O3S. The zero-order valence-corrected chi connectivity index (χ0v) is 7.89. The number of nitrogens with one attached hydrogen (secondary N) is 2. The van der Waals surface area contributed by atoms with Gasteiger partial charge in [0.2, 0.25) is 5.91 Å². The molecule has 1 aliphatic heterocycles. The number of rotatable bonds is 0. The highest BCUT2D eigenvalue weighted by Crippen LogP contribution is 2.28. The monoisotopic (exact) mass is 211 g/mol. The van der Waals surface area contributed by atoms with Crippen LogP contribution in [-0.4, -0.2) is 20.1 Å². The highest BCUT2D eigenvalue weighted by atomic mass is 32.2. The number of carbonyl (C=O) groups excluding carboxylic acids is 1. The molecule has 0 spiro atoms. The Balaban J connectivity index is 2.71. The molecule has 1 aromatic rings. The number of anilines is 1. The summed E-state index contributed by atoms with van der Waals surface area (Å²) in [5.41, 5.74) is 7.66. The number of hydrogen-bond acceptors (Lipinski definition) is 3. The summed E-state index contributed by atoms with van der Waals surface area (Å²) < 4.78 is 23.0. The summed E-state index contributed by atoms with van der Waals surface area (Å²) in [7, 11) is -3.55. The lowest BCUT2D eigenvalue weighted by Crippen LogP contribution is -2.29. The Bertz CT molecular complexity index is 507. The zero-order chi connectivity index (χ0) is 10.3. The highest BCUT2D eigenvalue weighted by Gasteiger charge is 2.28. The molecular weight excluding hydrogens is 204 g/mol. The molecule has 14 heavy (non-hydrogen) atoms. The van der Waals surface area contributed by atoms with E-state index in [4.69, 9.17) is 5.73 Å². The summed E-state index contributed by atoms with van der Waals surface area (Å²) in [5, 5.41) is 2.44. The molecule has 0 unspecified atom stereocenters. The van der Waals surface area contributed by atoms with Crippen molar-refractivity contribution >= 4 is 27.1 Å². The van der Waals surface area contributed by atoms with Gasteiger partial charge in [0.15, 0.2) is 9.84 Å². The first-order chi connectivity index (χ1) is 6.49. The normalized spacial score (nSPS) is 18.4. The Kier molecular flexibility index (Phi) is 1.75. The molecule has 5 nitrogen and oxygen atoms in total. The Morgan fingerprint density at radius 1 is 1.36 bits per heavy atom. The summed E-state index contributed by atoms with van der Waals surface area (Å²) in [4.78, 5) is 11.0. The first-order valence-corrected chi connectivity index (χ1v) is 5.52. The second-order valence-corrected chi connectivity index (χ2v) is 4.98. The van der Waals surface area contributed by atoms with Crippen LogP contribution in [0.25, 0.3) is 0 Å². The molecule has 1 aliphatic rings. The number of carbonyl (C=O) groups is 1. The molecule has 0 bridgehead atoms. The Labute approximate surface area is 80.8 Å². The van der Waals surface area contributed by atoms with E-state index in [1.165, 1.54) is 18.2 Å². The van der Waals surface area contributed by atoms with Gasteiger partial charge in [-0.2, -0.15) is 0 Å². The van der Waals surface area contributed by atoms with Crippen molar-refractivity contribution in [2.45, 2.75) is 4.90 Å². The van der Waals surface area contributed by atoms with Crippen molar-refractivity contribution in [3.05, 3.63) is 18.2 Å². The molecule has 73 valence electrons. The van der Waals surface area contributed by atoms with Crippen molar-refractivity contribution in [2.24, 2.45) is 0 Å². The third-order valence-electron chi connectivity index (χ3n) is 1.91. The van der Waals surface area contributed by atoms with Gasteiger partial charge in [0.25, 0.3) is 0 Å². The van der Waals surface area contributed by atoms with E-state index in [1.54, 1.807) is 0 Å². The summed E-state index contributed by atoms with van der Waals surface area (Å²) in [6, 6.07) is 4.09. The maximum Gasteiger partial charge on any atom is 0.239 e. The van der Waals surface area contributed by atoms with Crippen LogP contribution in [-0.2, 0) is 14.6 Å². The summed E-state index contributed by atoms with van der Waals surface area (Å²) in [6.07, 6.45) is 0. The van der Waals surface area contributed by atoms with E-state index in [1.807, 2.05) is 0 Å². The van der Waals surface area contributed by atoms with E-state index < -0.39 is 21.5 Å². The summed E-state index contributed by atoms with van der Waals surface area (Å²) in [5.74, 6) is -1.07. The van der Waals surface area contributed by atoms with Crippen LogP contribution >= 0.6 is 0 Å². The third kappa shape index (κ3) is 1.33. The molecule has 6 heteroatoms. The Morgan fingerprint density at radius 2 is 2.07 bits per heavy atom. The molecule has 0 saturated carbocycles. The lowest BCUT2D eigenvalue weighted by atomic mass is 10.3. The Hall–Kier alpha value is -1.56. The predicted molar refractivity (Wildman–Crippen MR) is 49.9 cm³/mol. The average Bonchev–Trinajstić information content (AvgIpc) is 2.05. The molecule has 2 rings (SSSR count). The second-order valence-electron chi connectivity index (χ2n) is 3.02. The van der Waals surface area contributed by atoms with Gasteiger partial charge in [-0.05, 0) is 18.2 Å². The van der Waals surface area contributed by atoms with Gasteiger partial charge >= 0.3 is 0 Å². The largest absolute Gasteiger partial charge is 0.324 e. The first-order valence-electron chi connectivity index (χ1n) is 3.87. The number of sulfone groups is 1. The second kappa shape index (κ2) is 2.71. The lowest BCUT2D eigenvalue weighted by Gasteiger charge is -2.16. The molecule has 1 amide bonds. The smallest absolute Gasteiger partial charge is 0.239 e. The van der Waals surface area contributed by atoms with Crippen LogP contribution in [0.15, 0.2) is 23.1 Å². The third-order valence-corrected chi connectivity index (χ3v) is 3.56. The highest BCUT2D eigenvalue weighted by molar-refractivity contribution is 7.92. The van der Waals surface area contributed by atoms with Gasteiger partial charge in [-0.15, -0.1) is 0 Å². The number of benzene rings is 1. The van der Waals surface area contributed by atoms with Gasteiger partial charge < -0.3 is 11.1 Å². The summed E-state index contributed by atoms with van der Waals surface area (Å²) in [6.45, 7) is 0. The van der Waals surface area contributed by atoms with Crippen molar-refractivity contribution in [2.75, 3.05) is 11.1 Å². The maximum absolute atomic E-state index is 11.5. The fraction of sp³-hybridized carbons (Fsp3) is 0.125. The standard InChI is InChI=1S/C8H7N2O3S/c9-5-1-2-6-7(3-5)14(12,13)4-8(11)10-6/h1-3,9H,4H2,(H,10,11). The van der Waals surface area contributed by atoms with Crippen LogP contribution < -0.4 is 11.1 Å². The SMILES string of the molecule is [NH]c1ccc2c(c1)S(=O)(=O)CC(=O)N2. The fourth-order valence-corrected chi connectivity index (χ4v) is 2.65. The van der Waals surface area contributed by atoms with Crippen molar-refractivity contribution in [3.8, 4) is 0 Å². The minimum Gasteiger partial charge on any atom is -0.324 e. The molecule has 0 fully saturated rings. The number of amides is 1. The topological polar surface area (TPSA) is 87.0 Å². The van der Waals surface area contributed by atoms with E-state index in [-0.39, 0.29) is 16.3 Å². The van der Waals surface area contributed by atoms with Gasteiger partial charge in [-0.25, -0.2) is 8.42 Å². The molecule has 0 saturated heterocycles. The minimum absolute atomic E-state index is 0.0320. The number of hydrogen-bond donors (Lipinski definition) is 1. The molecule has 0 aromatic heterocycles. The van der Waals surface area contributed by atoms with Crippen molar-refractivity contribution in [1.29, 1.82) is 0 Å². The minimum atomic E-state index is -3.55. The van der Waals surface area contributed by atoms with Crippen LogP contribution in [0.4, 0.5) is 11.4 Å². The molecule has 1 radical (unpaired) electrons. The van der Waals surface area contributed by atoms with Crippen molar-refractivity contribution in [3.63, 3.8) is 0 Å². The zero-order valence-electron chi connectivity index (χ0n) is 7.07. The average molecular weight is 211 g/mol. The first kappa shape index (κ1) is 9.01. The molecule has 2 N–H and O–H groups in total. The lowest BCUT2D eigenvalue weighted by molar-refractivity contribution is -0.114. The Morgan fingerprint density at radius 3 is 2.79 bits per heavy atom. The van der Waals surface area contributed by atoms with E-state index >= 15 is 0 Å². The molecule has 0 atom stereocenters. The van der Waals surface area contributed by atoms with E-state index in [0.29, 0.717) is 0 Å². The van der Waals surface area contributed by atoms with Gasteiger partial charge in [-0.1, -0.05) is 0 Å². The van der Waals surface area contributed by atoms with Gasteiger partial charge in [-0.3, -0.25) is 4.79 Å². The fourth-order valence-electron chi connectivity index (χ4n) is 1.32. The van der Waals surface area contributed by atoms with Crippen LogP contribution in [0.5, 0.6) is 0 Å². The number of fused-ring (bicyclic) bond motifs is 1. The summed E-state index contributed by atoms with van der Waals surface area (Å²) >= 11 is 0. The van der Waals surface area contributed by atoms with Gasteiger partial charge in [0, 0.05) is 0 Å².